The second-order valence-electron chi connectivity index (χ2n) is 4.87. The highest BCUT2D eigenvalue weighted by molar-refractivity contribution is 7.99. The lowest BCUT2D eigenvalue weighted by molar-refractivity contribution is -0.305. The molecule has 2 N–H and O–H groups in total. The molecule has 0 aliphatic heterocycles. The first-order chi connectivity index (χ1) is 11.1. The minimum Gasteiger partial charge on any atom is -0.550 e. The molecule has 0 radical (unpaired) electrons. The number of nitrogens with two attached hydrogens (primary N) is 1. The van der Waals surface area contributed by atoms with E-state index in [0.29, 0.717) is 34.4 Å². The Morgan fingerprint density at radius 3 is 2.78 bits per heavy atom. The lowest BCUT2D eigenvalue weighted by atomic mass is 10.2. The van der Waals surface area contributed by atoms with Gasteiger partial charge in [-0.1, -0.05) is 42.1 Å². The number of nitrogen functional groups attached to an aromatic ring is 1. The molecule has 2 heterocycles. The van der Waals surface area contributed by atoms with Crippen molar-refractivity contribution >= 4 is 34.7 Å². The molecular formula is C15H14N5O2S-. The molecule has 0 aliphatic rings. The fourth-order valence-corrected chi connectivity index (χ4v) is 3.09. The van der Waals surface area contributed by atoms with Gasteiger partial charge in [0.1, 0.15) is 6.33 Å². The number of carboxylic acids is 1. The van der Waals surface area contributed by atoms with E-state index in [1.165, 1.54) is 18.1 Å². The third kappa shape index (κ3) is 3.42. The first-order valence-corrected chi connectivity index (χ1v) is 7.97. The van der Waals surface area contributed by atoms with Crippen molar-refractivity contribution in [1.82, 2.24) is 19.5 Å². The quantitative estimate of drug-likeness (QED) is 0.663. The summed E-state index contributed by atoms with van der Waals surface area (Å²) < 4.78 is 1.92. The van der Waals surface area contributed by atoms with Crippen molar-refractivity contribution in [1.29, 1.82) is 0 Å². The summed E-state index contributed by atoms with van der Waals surface area (Å²) in [6, 6.07) is 9.88. The second kappa shape index (κ2) is 6.66. The van der Waals surface area contributed by atoms with Gasteiger partial charge in [-0.3, -0.25) is 4.57 Å². The minimum atomic E-state index is -1.08. The predicted octanol–water partition coefficient (Wildman–Crippen LogP) is 0.689. The molecule has 0 atom stereocenters. The maximum atomic E-state index is 10.6. The number of hydrogen-bond acceptors (Lipinski definition) is 7. The van der Waals surface area contributed by atoms with Crippen LogP contribution in [0.25, 0.3) is 11.2 Å². The van der Waals surface area contributed by atoms with Gasteiger partial charge in [0.25, 0.3) is 0 Å². The van der Waals surface area contributed by atoms with Gasteiger partial charge in [-0.25, -0.2) is 15.0 Å². The second-order valence-corrected chi connectivity index (χ2v) is 5.93. The Morgan fingerprint density at radius 1 is 1.26 bits per heavy atom. The SMILES string of the molecule is Nc1ncnc2c1nc(SCCC(=O)[O-])n2Cc1ccccc1. The standard InChI is InChI=1S/C15H15N5O2S/c16-13-12-14(18-9-17-13)20(8-10-4-2-1-3-5-10)15(19-12)23-7-6-11(21)22/h1-5,9H,6-8H2,(H,21,22)(H2,16,17,18)/p-1. The number of fused-ring (bicyclic) bond motifs is 1. The van der Waals surface area contributed by atoms with Gasteiger partial charge < -0.3 is 15.6 Å². The van der Waals surface area contributed by atoms with E-state index in [1.54, 1.807) is 0 Å². The summed E-state index contributed by atoms with van der Waals surface area (Å²) in [5.41, 5.74) is 8.12. The number of hydrogen-bond donors (Lipinski definition) is 1. The van der Waals surface area contributed by atoms with Crippen molar-refractivity contribution in [3.63, 3.8) is 0 Å². The van der Waals surface area contributed by atoms with E-state index in [-0.39, 0.29) is 6.42 Å². The van der Waals surface area contributed by atoms with E-state index in [1.807, 2.05) is 34.9 Å². The molecule has 0 fully saturated rings. The van der Waals surface area contributed by atoms with Crippen LogP contribution >= 0.6 is 11.8 Å². The maximum Gasteiger partial charge on any atom is 0.170 e. The molecule has 23 heavy (non-hydrogen) atoms. The van der Waals surface area contributed by atoms with Crippen LogP contribution in [-0.2, 0) is 11.3 Å². The molecule has 0 aliphatic carbocycles. The number of anilines is 1. The van der Waals surface area contributed by atoms with Gasteiger partial charge >= 0.3 is 0 Å². The van der Waals surface area contributed by atoms with E-state index in [2.05, 4.69) is 15.0 Å². The zero-order valence-electron chi connectivity index (χ0n) is 12.2. The molecule has 0 amide bonds. The fourth-order valence-electron chi connectivity index (χ4n) is 2.18. The number of aromatic nitrogens is 4. The molecule has 0 unspecified atom stereocenters. The van der Waals surface area contributed by atoms with Crippen molar-refractivity contribution in [3.8, 4) is 0 Å². The monoisotopic (exact) mass is 328 g/mol. The first-order valence-electron chi connectivity index (χ1n) is 6.98. The molecule has 3 rings (SSSR count). The number of nitrogens with zero attached hydrogens (tertiary/aromatic N) is 4. The number of carboxylic acid groups (broad SMARTS) is 1. The van der Waals surface area contributed by atoms with Gasteiger partial charge in [0.05, 0.1) is 6.54 Å². The predicted molar refractivity (Wildman–Crippen MR) is 85.6 cm³/mol. The van der Waals surface area contributed by atoms with E-state index in [4.69, 9.17) is 5.73 Å². The van der Waals surface area contributed by atoms with Crippen molar-refractivity contribution in [3.05, 3.63) is 42.2 Å². The molecule has 0 bridgehead atoms. The molecular weight excluding hydrogens is 314 g/mol. The Kier molecular flexibility index (Phi) is 4.42. The van der Waals surface area contributed by atoms with Crippen molar-refractivity contribution in [2.75, 3.05) is 11.5 Å². The van der Waals surface area contributed by atoms with Crippen LogP contribution < -0.4 is 10.8 Å². The Hall–Kier alpha value is -2.61. The van der Waals surface area contributed by atoms with Crippen LogP contribution in [0.4, 0.5) is 5.82 Å². The summed E-state index contributed by atoms with van der Waals surface area (Å²) in [4.78, 5) is 23.3. The summed E-state index contributed by atoms with van der Waals surface area (Å²) in [5.74, 6) is -0.403. The zero-order valence-corrected chi connectivity index (χ0v) is 13.0. The third-order valence-electron chi connectivity index (χ3n) is 3.25. The Labute approximate surface area is 136 Å². The summed E-state index contributed by atoms with van der Waals surface area (Å²) in [6.45, 7) is 0.571. The summed E-state index contributed by atoms with van der Waals surface area (Å²) in [6.07, 6.45) is 1.36. The smallest absolute Gasteiger partial charge is 0.170 e. The van der Waals surface area contributed by atoms with E-state index < -0.39 is 5.97 Å². The van der Waals surface area contributed by atoms with Gasteiger partial charge in [0.2, 0.25) is 0 Å². The number of aliphatic carboxylic acids is 1. The van der Waals surface area contributed by atoms with Gasteiger partial charge in [-0.15, -0.1) is 0 Å². The summed E-state index contributed by atoms with van der Waals surface area (Å²) in [7, 11) is 0. The third-order valence-corrected chi connectivity index (χ3v) is 4.22. The van der Waals surface area contributed by atoms with Gasteiger partial charge in [-0.05, 0) is 12.0 Å². The highest BCUT2D eigenvalue weighted by Crippen LogP contribution is 2.26. The lowest BCUT2D eigenvalue weighted by Gasteiger charge is -2.08. The molecule has 0 spiro atoms. The van der Waals surface area contributed by atoms with Gasteiger partial charge in [-0.2, -0.15) is 0 Å². The van der Waals surface area contributed by atoms with Crippen LogP contribution in [0.3, 0.4) is 0 Å². The molecule has 0 saturated carbocycles. The van der Waals surface area contributed by atoms with Crippen LogP contribution in [0.5, 0.6) is 0 Å². The van der Waals surface area contributed by atoms with Crippen molar-refractivity contribution in [2.45, 2.75) is 18.1 Å². The van der Waals surface area contributed by atoms with Crippen LogP contribution in [0, 0.1) is 0 Å². The number of imidazole rings is 1. The lowest BCUT2D eigenvalue weighted by Crippen LogP contribution is -2.22. The van der Waals surface area contributed by atoms with Crippen LogP contribution in [0.1, 0.15) is 12.0 Å². The van der Waals surface area contributed by atoms with E-state index in [0.717, 1.165) is 5.56 Å². The highest BCUT2D eigenvalue weighted by atomic mass is 32.2. The average molecular weight is 328 g/mol. The Bertz CT molecular complexity index is 835. The first kappa shape index (κ1) is 15.3. The molecule has 8 heteroatoms. The van der Waals surface area contributed by atoms with Gasteiger partial charge in [0, 0.05) is 11.7 Å². The van der Waals surface area contributed by atoms with E-state index >= 15 is 0 Å². The number of thioether (sulfide) groups is 1. The molecule has 1 aromatic carbocycles. The minimum absolute atomic E-state index is 0.0413. The highest BCUT2D eigenvalue weighted by Gasteiger charge is 2.15. The summed E-state index contributed by atoms with van der Waals surface area (Å²) in [5, 5.41) is 11.3. The number of carbonyl (C=O) groups is 1. The van der Waals surface area contributed by atoms with Crippen LogP contribution in [0.2, 0.25) is 0 Å². The normalized spacial score (nSPS) is 11.0. The Balaban J connectivity index is 1.98. The number of benzene rings is 1. The van der Waals surface area contributed by atoms with Gasteiger partial charge in [0.15, 0.2) is 22.1 Å². The van der Waals surface area contributed by atoms with Crippen LogP contribution in [-0.4, -0.2) is 31.2 Å². The summed E-state index contributed by atoms with van der Waals surface area (Å²) >= 11 is 1.34. The molecule has 0 saturated heterocycles. The largest absolute Gasteiger partial charge is 0.550 e. The molecule has 7 nitrogen and oxygen atoms in total. The van der Waals surface area contributed by atoms with E-state index in [9.17, 15) is 9.90 Å². The Morgan fingerprint density at radius 2 is 2.04 bits per heavy atom. The topological polar surface area (TPSA) is 110 Å². The number of rotatable bonds is 6. The number of carbonyl (C=O) groups excluding carboxylic acids is 1. The maximum absolute atomic E-state index is 10.6. The molecule has 118 valence electrons. The van der Waals surface area contributed by atoms with Crippen LogP contribution in [0.15, 0.2) is 41.8 Å². The van der Waals surface area contributed by atoms with Crippen molar-refractivity contribution < 1.29 is 9.90 Å². The fraction of sp³-hybridized carbons (Fsp3) is 0.200. The van der Waals surface area contributed by atoms with Crippen molar-refractivity contribution in [2.24, 2.45) is 0 Å². The average Bonchev–Trinajstić information content (AvgIpc) is 2.88. The zero-order chi connectivity index (χ0) is 16.2. The molecule has 2 aromatic heterocycles. The molecule has 3 aromatic rings.